The minimum Gasteiger partial charge on any atom is -0.361 e. The van der Waals surface area contributed by atoms with E-state index in [4.69, 9.17) is 4.74 Å². The molecule has 0 amide bonds. The first-order valence-electron chi connectivity index (χ1n) is 6.93. The van der Waals surface area contributed by atoms with Crippen molar-refractivity contribution in [3.63, 3.8) is 0 Å². The van der Waals surface area contributed by atoms with Crippen molar-refractivity contribution in [3.8, 4) is 11.4 Å². The van der Waals surface area contributed by atoms with Crippen LogP contribution in [0.25, 0.3) is 11.4 Å². The van der Waals surface area contributed by atoms with Gasteiger partial charge in [-0.2, -0.15) is 0 Å². The van der Waals surface area contributed by atoms with Gasteiger partial charge in [-0.1, -0.05) is 41.2 Å². The summed E-state index contributed by atoms with van der Waals surface area (Å²) in [5.41, 5.74) is 2.13. The van der Waals surface area contributed by atoms with Gasteiger partial charge in [-0.25, -0.2) is 4.98 Å². The highest BCUT2D eigenvalue weighted by Crippen LogP contribution is 2.21. The van der Waals surface area contributed by atoms with Crippen LogP contribution in [-0.2, 0) is 11.5 Å². The molecule has 20 heavy (non-hydrogen) atoms. The van der Waals surface area contributed by atoms with Crippen LogP contribution in [-0.4, -0.2) is 25.0 Å². The van der Waals surface area contributed by atoms with Crippen LogP contribution in [0.3, 0.4) is 0 Å². The van der Waals surface area contributed by atoms with Crippen molar-refractivity contribution in [2.24, 2.45) is 0 Å². The van der Waals surface area contributed by atoms with Crippen LogP contribution in [0.5, 0.6) is 0 Å². The summed E-state index contributed by atoms with van der Waals surface area (Å²) < 4.78 is 8.94. The molecule has 0 saturated heterocycles. The van der Waals surface area contributed by atoms with Gasteiger partial charge >= 0.3 is 0 Å². The molecule has 0 unspecified atom stereocenters. The molecule has 5 heteroatoms. The summed E-state index contributed by atoms with van der Waals surface area (Å²) >= 11 is 3.46. The van der Waals surface area contributed by atoms with Crippen molar-refractivity contribution in [1.82, 2.24) is 9.55 Å². The van der Waals surface area contributed by atoms with E-state index in [-0.39, 0.29) is 0 Å². The number of ether oxygens (including phenoxy) is 1. The lowest BCUT2D eigenvalue weighted by Gasteiger charge is -2.09. The van der Waals surface area contributed by atoms with E-state index >= 15 is 0 Å². The standard InChI is InChI=1S/C15H21BrN2OSi/c1-12-10-18(11-19-8-9-20(2)3)15(17-12)13-4-6-14(16)7-5-13/h4-7,10,20H,8-9,11H2,1-3H3. The predicted molar refractivity (Wildman–Crippen MR) is 89.7 cm³/mol. The predicted octanol–water partition coefficient (Wildman–Crippen LogP) is 4.08. The number of hydrogen-bond donors (Lipinski definition) is 0. The Balaban J connectivity index is 2.08. The molecule has 0 saturated carbocycles. The Morgan fingerprint density at radius 3 is 2.60 bits per heavy atom. The molecule has 1 heterocycles. The number of halogens is 1. The Kier molecular flexibility index (Phi) is 5.57. The molecule has 0 bridgehead atoms. The monoisotopic (exact) mass is 352 g/mol. The first-order chi connectivity index (χ1) is 9.56. The molecular formula is C15H21BrN2OSi. The molecule has 2 aromatic rings. The third kappa shape index (κ3) is 4.29. The Labute approximate surface area is 130 Å². The zero-order valence-electron chi connectivity index (χ0n) is 12.3. The van der Waals surface area contributed by atoms with E-state index in [1.165, 1.54) is 6.04 Å². The molecule has 0 aliphatic heterocycles. The number of nitrogens with zero attached hydrogens (tertiary/aromatic N) is 2. The third-order valence-corrected chi connectivity index (χ3v) is 4.99. The van der Waals surface area contributed by atoms with Crippen LogP contribution >= 0.6 is 15.9 Å². The van der Waals surface area contributed by atoms with E-state index in [9.17, 15) is 0 Å². The highest BCUT2D eigenvalue weighted by Gasteiger charge is 2.08. The normalized spacial score (nSPS) is 11.2. The summed E-state index contributed by atoms with van der Waals surface area (Å²) in [4.78, 5) is 4.60. The quantitative estimate of drug-likeness (QED) is 0.578. The molecule has 0 aliphatic carbocycles. The van der Waals surface area contributed by atoms with Gasteiger partial charge in [-0.05, 0) is 25.1 Å². The van der Waals surface area contributed by atoms with Crippen molar-refractivity contribution >= 4 is 24.7 Å². The first-order valence-corrected chi connectivity index (χ1v) is 10.9. The summed E-state index contributed by atoms with van der Waals surface area (Å²) in [6, 6.07) is 9.44. The molecule has 0 aliphatic rings. The minimum absolute atomic E-state index is 0.523. The highest BCUT2D eigenvalue weighted by atomic mass is 79.9. The smallest absolute Gasteiger partial charge is 0.142 e. The topological polar surface area (TPSA) is 27.1 Å². The minimum atomic E-state index is -0.523. The summed E-state index contributed by atoms with van der Waals surface area (Å²) in [6.45, 7) is 8.13. The van der Waals surface area contributed by atoms with Crippen molar-refractivity contribution in [3.05, 3.63) is 40.6 Å². The van der Waals surface area contributed by atoms with Crippen molar-refractivity contribution in [2.75, 3.05) is 6.61 Å². The molecule has 1 aromatic heterocycles. The van der Waals surface area contributed by atoms with Gasteiger partial charge in [-0.15, -0.1) is 0 Å². The number of benzene rings is 1. The van der Waals surface area contributed by atoms with Crippen molar-refractivity contribution < 1.29 is 4.74 Å². The molecule has 0 fully saturated rings. The summed E-state index contributed by atoms with van der Waals surface area (Å²) in [5.74, 6) is 0.969. The fraction of sp³-hybridized carbons (Fsp3) is 0.400. The lowest BCUT2D eigenvalue weighted by molar-refractivity contribution is 0.0886. The first kappa shape index (κ1) is 15.5. The van der Waals surface area contributed by atoms with Crippen molar-refractivity contribution in [2.45, 2.75) is 32.8 Å². The van der Waals surface area contributed by atoms with Crippen LogP contribution in [0.1, 0.15) is 5.69 Å². The largest absolute Gasteiger partial charge is 0.361 e. The van der Waals surface area contributed by atoms with E-state index in [1.54, 1.807) is 0 Å². The molecular weight excluding hydrogens is 332 g/mol. The van der Waals surface area contributed by atoms with Gasteiger partial charge in [0, 0.05) is 31.6 Å². The van der Waals surface area contributed by atoms with Crippen LogP contribution in [0.4, 0.5) is 0 Å². The number of aromatic nitrogens is 2. The van der Waals surface area contributed by atoms with E-state index in [2.05, 4.69) is 50.7 Å². The lowest BCUT2D eigenvalue weighted by Crippen LogP contribution is -2.09. The maximum atomic E-state index is 5.78. The van der Waals surface area contributed by atoms with E-state index in [0.29, 0.717) is 6.73 Å². The Hall–Kier alpha value is -0.913. The Morgan fingerprint density at radius 2 is 1.95 bits per heavy atom. The molecule has 0 atom stereocenters. The maximum absolute atomic E-state index is 5.78. The van der Waals surface area contributed by atoms with Crippen molar-refractivity contribution in [1.29, 1.82) is 0 Å². The van der Waals surface area contributed by atoms with Crippen LogP contribution in [0.15, 0.2) is 34.9 Å². The summed E-state index contributed by atoms with van der Waals surface area (Å²) in [7, 11) is -0.523. The molecule has 3 nitrogen and oxygen atoms in total. The average Bonchev–Trinajstić information content (AvgIpc) is 2.76. The van der Waals surface area contributed by atoms with Gasteiger partial charge in [-0.3, -0.25) is 0 Å². The zero-order valence-corrected chi connectivity index (χ0v) is 15.0. The highest BCUT2D eigenvalue weighted by molar-refractivity contribution is 9.10. The number of aryl methyl sites for hydroxylation is 1. The number of rotatable bonds is 6. The molecule has 2 rings (SSSR count). The van der Waals surface area contributed by atoms with Gasteiger partial charge in [0.25, 0.3) is 0 Å². The van der Waals surface area contributed by atoms with Gasteiger partial charge in [0.05, 0.1) is 5.69 Å². The third-order valence-electron chi connectivity index (χ3n) is 3.07. The second-order valence-corrected chi connectivity index (χ2v) is 9.68. The Morgan fingerprint density at radius 1 is 1.25 bits per heavy atom. The second-order valence-electron chi connectivity index (χ2n) is 5.40. The van der Waals surface area contributed by atoms with Gasteiger partial charge in [0.15, 0.2) is 0 Å². The zero-order chi connectivity index (χ0) is 14.5. The number of imidazole rings is 1. The Bertz CT molecular complexity index is 552. The molecule has 1 aromatic carbocycles. The summed E-state index contributed by atoms with van der Waals surface area (Å²) in [6.07, 6.45) is 2.05. The average molecular weight is 353 g/mol. The fourth-order valence-electron chi connectivity index (χ4n) is 1.96. The molecule has 0 spiro atoms. The number of hydrogen-bond acceptors (Lipinski definition) is 2. The second kappa shape index (κ2) is 7.20. The summed E-state index contributed by atoms with van der Waals surface area (Å²) in [5, 5.41) is 0. The SMILES string of the molecule is Cc1cn(COCC[SiH](C)C)c(-c2ccc(Br)cc2)n1. The van der Waals surface area contributed by atoms with Crippen LogP contribution in [0.2, 0.25) is 19.1 Å². The van der Waals surface area contributed by atoms with Crippen LogP contribution < -0.4 is 0 Å². The van der Waals surface area contributed by atoms with Gasteiger partial charge in [0.2, 0.25) is 0 Å². The molecule has 0 radical (unpaired) electrons. The van der Waals surface area contributed by atoms with Gasteiger partial charge in [0.1, 0.15) is 12.6 Å². The van der Waals surface area contributed by atoms with Crippen LogP contribution in [0, 0.1) is 6.92 Å². The molecule has 108 valence electrons. The maximum Gasteiger partial charge on any atom is 0.142 e. The van der Waals surface area contributed by atoms with E-state index < -0.39 is 8.80 Å². The van der Waals surface area contributed by atoms with E-state index in [1.807, 2.05) is 25.3 Å². The molecule has 0 N–H and O–H groups in total. The fourth-order valence-corrected chi connectivity index (χ4v) is 2.86. The van der Waals surface area contributed by atoms with E-state index in [0.717, 1.165) is 28.2 Å². The lowest BCUT2D eigenvalue weighted by atomic mass is 10.2. The van der Waals surface area contributed by atoms with Gasteiger partial charge < -0.3 is 9.30 Å².